The molecule has 0 aliphatic heterocycles. The van der Waals surface area contributed by atoms with Crippen molar-refractivity contribution in [3.63, 3.8) is 0 Å². The summed E-state index contributed by atoms with van der Waals surface area (Å²) in [5.74, 6) is -1.88. The summed E-state index contributed by atoms with van der Waals surface area (Å²) in [7, 11) is 6.85. The normalized spacial score (nSPS) is 10.6. The SMILES string of the molecule is CCOC(=O)c1ccc(N(C)C)cc1.COC(OC)(C(=O)c1ccccc1)c1ccccc1. The molecule has 0 unspecified atom stereocenters. The highest BCUT2D eigenvalue weighted by molar-refractivity contribution is 6.02. The highest BCUT2D eigenvalue weighted by Gasteiger charge is 2.41. The average Bonchev–Trinajstić information content (AvgIpc) is 2.87. The lowest BCUT2D eigenvalue weighted by Crippen LogP contribution is -2.39. The first-order chi connectivity index (χ1) is 15.9. The van der Waals surface area contributed by atoms with E-state index in [1.165, 1.54) is 14.2 Å². The standard InChI is InChI=1S/C16H16O3.C11H15NO2/c1-18-16(19-2,14-11-7-4-8-12-14)15(17)13-9-5-3-6-10-13;1-4-14-11(13)9-5-7-10(8-6-9)12(2)3/h3-12H,1-2H3;5-8H,4H2,1-3H3. The van der Waals surface area contributed by atoms with Crippen LogP contribution in [0.25, 0.3) is 0 Å². The highest BCUT2D eigenvalue weighted by Crippen LogP contribution is 2.30. The van der Waals surface area contributed by atoms with Crippen molar-refractivity contribution < 1.29 is 23.8 Å². The number of rotatable bonds is 8. The van der Waals surface area contributed by atoms with E-state index in [-0.39, 0.29) is 11.8 Å². The summed E-state index contributed by atoms with van der Waals surface area (Å²) in [6.45, 7) is 2.21. The third-order valence-corrected chi connectivity index (χ3v) is 4.96. The van der Waals surface area contributed by atoms with Crippen LogP contribution >= 0.6 is 0 Å². The number of hydrogen-bond acceptors (Lipinski definition) is 6. The van der Waals surface area contributed by atoms with Gasteiger partial charge in [0.15, 0.2) is 0 Å². The van der Waals surface area contributed by atoms with Crippen LogP contribution in [-0.4, -0.2) is 46.7 Å². The van der Waals surface area contributed by atoms with Gasteiger partial charge in [0.2, 0.25) is 5.78 Å². The monoisotopic (exact) mass is 449 g/mol. The molecule has 0 N–H and O–H groups in total. The van der Waals surface area contributed by atoms with Gasteiger partial charge in [-0.15, -0.1) is 0 Å². The second-order valence-corrected chi connectivity index (χ2v) is 7.25. The van der Waals surface area contributed by atoms with Crippen LogP contribution in [0.15, 0.2) is 84.9 Å². The van der Waals surface area contributed by atoms with Crippen LogP contribution in [0.1, 0.15) is 33.2 Å². The molecule has 174 valence electrons. The van der Waals surface area contributed by atoms with Crippen LogP contribution in [0.5, 0.6) is 0 Å². The summed E-state index contributed by atoms with van der Waals surface area (Å²) >= 11 is 0. The number of anilines is 1. The van der Waals surface area contributed by atoms with Crippen molar-refractivity contribution in [1.29, 1.82) is 0 Å². The summed E-state index contributed by atoms with van der Waals surface area (Å²) in [6.07, 6.45) is 0. The minimum Gasteiger partial charge on any atom is -0.462 e. The van der Waals surface area contributed by atoms with Crippen molar-refractivity contribution >= 4 is 17.4 Å². The maximum atomic E-state index is 12.7. The van der Waals surface area contributed by atoms with E-state index in [0.29, 0.717) is 23.3 Å². The van der Waals surface area contributed by atoms with Gasteiger partial charge in [0.05, 0.1) is 12.2 Å². The van der Waals surface area contributed by atoms with Gasteiger partial charge in [-0.25, -0.2) is 4.79 Å². The van der Waals surface area contributed by atoms with E-state index in [0.717, 1.165) is 5.69 Å². The van der Waals surface area contributed by atoms with Gasteiger partial charge < -0.3 is 19.1 Å². The number of Topliss-reactive ketones (excluding diaryl/α,β-unsaturated/α-hetero) is 1. The molecule has 0 atom stereocenters. The number of benzene rings is 3. The first-order valence-corrected chi connectivity index (χ1v) is 10.6. The fourth-order valence-electron chi connectivity index (χ4n) is 3.18. The molecular weight excluding hydrogens is 418 g/mol. The molecule has 3 aromatic rings. The Balaban J connectivity index is 0.000000245. The van der Waals surface area contributed by atoms with E-state index in [9.17, 15) is 9.59 Å². The van der Waals surface area contributed by atoms with Crippen molar-refractivity contribution in [2.24, 2.45) is 0 Å². The van der Waals surface area contributed by atoms with E-state index < -0.39 is 5.79 Å². The van der Waals surface area contributed by atoms with E-state index in [1.807, 2.05) is 79.7 Å². The number of nitrogens with zero attached hydrogens (tertiary/aromatic N) is 1. The van der Waals surface area contributed by atoms with Gasteiger partial charge in [0.1, 0.15) is 0 Å². The number of ketones is 1. The molecule has 33 heavy (non-hydrogen) atoms. The lowest BCUT2D eigenvalue weighted by Gasteiger charge is -2.29. The maximum absolute atomic E-state index is 12.7. The van der Waals surface area contributed by atoms with E-state index >= 15 is 0 Å². The second-order valence-electron chi connectivity index (χ2n) is 7.25. The Bertz CT molecular complexity index is 998. The predicted octanol–water partition coefficient (Wildman–Crippen LogP) is 4.94. The first kappa shape index (κ1) is 25.8. The van der Waals surface area contributed by atoms with Crippen LogP contribution < -0.4 is 4.90 Å². The van der Waals surface area contributed by atoms with Gasteiger partial charge in [-0.3, -0.25) is 4.79 Å². The maximum Gasteiger partial charge on any atom is 0.338 e. The molecule has 3 aromatic carbocycles. The summed E-state index contributed by atoms with van der Waals surface area (Å²) < 4.78 is 15.7. The fraction of sp³-hybridized carbons (Fsp3) is 0.259. The van der Waals surface area contributed by atoms with Crippen molar-refractivity contribution in [3.05, 3.63) is 102 Å². The Morgan fingerprint density at radius 1 is 0.758 bits per heavy atom. The van der Waals surface area contributed by atoms with Crippen LogP contribution in [0.2, 0.25) is 0 Å². The minimum atomic E-state index is -1.40. The number of carbonyl (C=O) groups is 2. The molecule has 0 radical (unpaired) electrons. The zero-order chi connectivity index (χ0) is 24.3. The molecule has 0 aliphatic rings. The molecule has 0 spiro atoms. The molecular formula is C27H31NO5. The summed E-state index contributed by atoms with van der Waals surface area (Å²) in [6, 6.07) is 25.5. The van der Waals surface area contributed by atoms with Gasteiger partial charge in [0, 0.05) is 45.1 Å². The third-order valence-electron chi connectivity index (χ3n) is 4.96. The quantitative estimate of drug-likeness (QED) is 0.276. The van der Waals surface area contributed by atoms with Crippen LogP contribution in [0, 0.1) is 0 Å². The first-order valence-electron chi connectivity index (χ1n) is 10.6. The van der Waals surface area contributed by atoms with Gasteiger partial charge in [0.25, 0.3) is 5.79 Å². The van der Waals surface area contributed by atoms with E-state index in [4.69, 9.17) is 14.2 Å². The molecule has 6 nitrogen and oxygen atoms in total. The fourth-order valence-corrected chi connectivity index (χ4v) is 3.18. The van der Waals surface area contributed by atoms with Gasteiger partial charge in [-0.05, 0) is 31.2 Å². The van der Waals surface area contributed by atoms with Gasteiger partial charge in [-0.2, -0.15) is 0 Å². The zero-order valence-electron chi connectivity index (χ0n) is 19.8. The Morgan fingerprint density at radius 2 is 1.27 bits per heavy atom. The Hall–Kier alpha value is -3.48. The Kier molecular flexibility index (Phi) is 9.79. The molecule has 0 aliphatic carbocycles. The molecule has 0 saturated heterocycles. The molecule has 0 heterocycles. The average molecular weight is 450 g/mol. The van der Waals surface area contributed by atoms with Crippen LogP contribution in [0.4, 0.5) is 5.69 Å². The Morgan fingerprint density at radius 3 is 1.73 bits per heavy atom. The molecule has 3 rings (SSSR count). The van der Waals surface area contributed by atoms with E-state index in [1.54, 1.807) is 31.2 Å². The number of methoxy groups -OCH3 is 2. The van der Waals surface area contributed by atoms with Gasteiger partial charge in [-0.1, -0.05) is 60.7 Å². The Labute approximate surface area is 195 Å². The van der Waals surface area contributed by atoms with Crippen molar-refractivity contribution in [2.45, 2.75) is 12.7 Å². The van der Waals surface area contributed by atoms with Gasteiger partial charge >= 0.3 is 5.97 Å². The summed E-state index contributed by atoms with van der Waals surface area (Å²) in [5, 5.41) is 0. The van der Waals surface area contributed by atoms with Crippen molar-refractivity contribution in [1.82, 2.24) is 0 Å². The number of carbonyl (C=O) groups excluding carboxylic acids is 2. The third kappa shape index (κ3) is 6.51. The molecule has 0 amide bonds. The predicted molar refractivity (Wildman–Crippen MR) is 130 cm³/mol. The van der Waals surface area contributed by atoms with Crippen LogP contribution in [0.3, 0.4) is 0 Å². The molecule has 6 heteroatoms. The summed E-state index contributed by atoms with van der Waals surface area (Å²) in [5.41, 5.74) is 2.89. The highest BCUT2D eigenvalue weighted by atomic mass is 16.7. The minimum absolute atomic E-state index is 0.218. The van der Waals surface area contributed by atoms with E-state index in [2.05, 4.69) is 0 Å². The molecule has 0 aromatic heterocycles. The lowest BCUT2D eigenvalue weighted by molar-refractivity contribution is -0.176. The smallest absolute Gasteiger partial charge is 0.338 e. The lowest BCUT2D eigenvalue weighted by atomic mass is 9.96. The van der Waals surface area contributed by atoms with Crippen LogP contribution in [-0.2, 0) is 20.0 Å². The molecule has 0 bridgehead atoms. The number of ether oxygens (including phenoxy) is 3. The second kappa shape index (κ2) is 12.5. The molecule has 0 saturated carbocycles. The summed E-state index contributed by atoms with van der Waals surface area (Å²) in [4.78, 5) is 26.0. The topological polar surface area (TPSA) is 65.1 Å². The largest absolute Gasteiger partial charge is 0.462 e. The number of hydrogen-bond donors (Lipinski definition) is 0. The van der Waals surface area contributed by atoms with Crippen molar-refractivity contribution in [3.8, 4) is 0 Å². The molecule has 0 fully saturated rings. The number of esters is 1. The van der Waals surface area contributed by atoms with Crippen molar-refractivity contribution in [2.75, 3.05) is 39.8 Å². The zero-order valence-corrected chi connectivity index (χ0v) is 19.8.